The summed E-state index contributed by atoms with van der Waals surface area (Å²) in [6, 6.07) is 13.8. The minimum Gasteiger partial charge on any atom is -0.425 e. The Morgan fingerprint density at radius 2 is 1.80 bits per heavy atom. The molecule has 0 saturated carbocycles. The number of carbonyl (C=O) groups is 1. The number of benzene rings is 2. The zero-order valence-electron chi connectivity index (χ0n) is 10.7. The van der Waals surface area contributed by atoms with Gasteiger partial charge in [0.25, 0.3) is 0 Å². The van der Waals surface area contributed by atoms with Gasteiger partial charge in [-0.1, -0.05) is 36.4 Å². The normalized spacial score (nSPS) is 22.3. The van der Waals surface area contributed by atoms with Crippen LogP contribution in [0, 0.1) is 0 Å². The number of carbonyl (C=O) groups excluding carboxylic acids is 1. The van der Waals surface area contributed by atoms with E-state index in [9.17, 15) is 4.79 Å². The van der Waals surface area contributed by atoms with Crippen LogP contribution in [0.2, 0.25) is 0 Å². The lowest BCUT2D eigenvalue weighted by Gasteiger charge is -2.40. The fourth-order valence-corrected chi connectivity index (χ4v) is 3.46. The molecule has 0 aromatic heterocycles. The summed E-state index contributed by atoms with van der Waals surface area (Å²) in [5.74, 6) is 0.520. The molecule has 0 bridgehead atoms. The third-order valence-corrected chi connectivity index (χ3v) is 4.37. The Morgan fingerprint density at radius 3 is 2.65 bits per heavy atom. The van der Waals surface area contributed by atoms with Crippen LogP contribution in [0.4, 0.5) is 5.69 Å². The van der Waals surface area contributed by atoms with E-state index in [2.05, 4.69) is 28.2 Å². The van der Waals surface area contributed by atoms with Gasteiger partial charge in [-0.2, -0.15) is 5.01 Å². The van der Waals surface area contributed by atoms with Crippen LogP contribution in [0.5, 0.6) is 5.75 Å². The lowest BCUT2D eigenvalue weighted by atomic mass is 10.0. The lowest BCUT2D eigenvalue weighted by molar-refractivity contribution is -0.138. The number of ether oxygens (including phenoxy) is 1. The van der Waals surface area contributed by atoms with E-state index in [1.54, 1.807) is 0 Å². The molecule has 2 aromatic carbocycles. The van der Waals surface area contributed by atoms with Gasteiger partial charge in [-0.05, 0) is 17.2 Å². The first-order chi connectivity index (χ1) is 9.83. The summed E-state index contributed by atoms with van der Waals surface area (Å²) >= 11 is 0. The monoisotopic (exact) mass is 264 g/mol. The second kappa shape index (κ2) is 3.41. The third-order valence-electron chi connectivity index (χ3n) is 4.37. The summed E-state index contributed by atoms with van der Waals surface area (Å²) in [7, 11) is 0. The maximum absolute atomic E-state index is 12.2. The van der Waals surface area contributed by atoms with Crippen LogP contribution >= 0.6 is 0 Å². The molecule has 4 nitrogen and oxygen atoms in total. The van der Waals surface area contributed by atoms with Crippen LogP contribution in [0.1, 0.15) is 22.7 Å². The van der Waals surface area contributed by atoms with E-state index in [0.717, 1.165) is 18.7 Å². The summed E-state index contributed by atoms with van der Waals surface area (Å²) in [6.07, 6.45) is 0. The molecule has 3 heterocycles. The maximum Gasteiger partial charge on any atom is 0.335 e. The quantitative estimate of drug-likeness (QED) is 0.585. The second-order valence-electron chi connectivity index (χ2n) is 5.44. The van der Waals surface area contributed by atoms with Crippen molar-refractivity contribution in [2.75, 3.05) is 5.01 Å². The molecule has 20 heavy (non-hydrogen) atoms. The summed E-state index contributed by atoms with van der Waals surface area (Å²) < 4.78 is 5.39. The first kappa shape index (κ1) is 10.5. The highest BCUT2D eigenvalue weighted by atomic mass is 16.5. The molecule has 0 aliphatic carbocycles. The lowest BCUT2D eigenvalue weighted by Crippen LogP contribution is -2.46. The Kier molecular flexibility index (Phi) is 1.78. The zero-order chi connectivity index (χ0) is 13.3. The van der Waals surface area contributed by atoms with Crippen molar-refractivity contribution in [3.8, 4) is 5.75 Å². The standard InChI is InChI=1S/C16H12N2O2/c19-16-15(12-6-1-2-7-13(12)20-16)18-9-11-5-3-4-10-8-17(18)14(10)11/h1-7,15H,8-9H2. The van der Waals surface area contributed by atoms with Crippen molar-refractivity contribution in [1.29, 1.82) is 0 Å². The van der Waals surface area contributed by atoms with Gasteiger partial charge in [0.1, 0.15) is 5.75 Å². The predicted octanol–water partition coefficient (Wildman–Crippen LogP) is 2.40. The van der Waals surface area contributed by atoms with E-state index >= 15 is 0 Å². The highest BCUT2D eigenvalue weighted by Gasteiger charge is 2.46. The molecular formula is C16H12N2O2. The van der Waals surface area contributed by atoms with Gasteiger partial charge in [0.05, 0.1) is 12.2 Å². The number of fused-ring (bicyclic) bond motifs is 1. The summed E-state index contributed by atoms with van der Waals surface area (Å²) in [5, 5.41) is 4.34. The van der Waals surface area contributed by atoms with Crippen molar-refractivity contribution in [1.82, 2.24) is 5.01 Å². The minimum atomic E-state index is -0.313. The molecule has 4 heteroatoms. The van der Waals surface area contributed by atoms with E-state index < -0.39 is 0 Å². The van der Waals surface area contributed by atoms with Crippen molar-refractivity contribution >= 4 is 11.7 Å². The molecule has 3 aliphatic rings. The van der Waals surface area contributed by atoms with E-state index in [1.165, 1.54) is 16.8 Å². The molecule has 0 radical (unpaired) electrons. The molecule has 0 amide bonds. The van der Waals surface area contributed by atoms with Gasteiger partial charge in [-0.3, -0.25) is 5.01 Å². The van der Waals surface area contributed by atoms with Gasteiger partial charge in [-0.25, -0.2) is 4.79 Å². The SMILES string of the molecule is O=C1Oc2ccccc2C1N1Cc2cccc3c2N1C3. The molecule has 2 aromatic rings. The van der Waals surface area contributed by atoms with Crippen molar-refractivity contribution in [2.24, 2.45) is 0 Å². The van der Waals surface area contributed by atoms with E-state index in [4.69, 9.17) is 4.74 Å². The topological polar surface area (TPSA) is 32.8 Å². The molecule has 3 aliphatic heterocycles. The molecule has 0 saturated heterocycles. The smallest absolute Gasteiger partial charge is 0.335 e. The van der Waals surface area contributed by atoms with Crippen LogP contribution in [0.25, 0.3) is 0 Å². The largest absolute Gasteiger partial charge is 0.425 e. The number of esters is 1. The summed E-state index contributed by atoms with van der Waals surface area (Å²) in [4.78, 5) is 12.2. The van der Waals surface area contributed by atoms with Crippen LogP contribution in [-0.4, -0.2) is 11.0 Å². The molecule has 0 N–H and O–H groups in total. The molecular weight excluding hydrogens is 252 g/mol. The first-order valence-corrected chi connectivity index (χ1v) is 6.78. The Hall–Kier alpha value is -2.33. The average molecular weight is 264 g/mol. The van der Waals surface area contributed by atoms with Crippen molar-refractivity contribution in [2.45, 2.75) is 19.1 Å². The summed E-state index contributed by atoms with van der Waals surface area (Å²) in [6.45, 7) is 1.66. The van der Waals surface area contributed by atoms with Crippen molar-refractivity contribution in [3.05, 3.63) is 59.2 Å². The Bertz CT molecular complexity index is 756. The Balaban J connectivity index is 1.59. The van der Waals surface area contributed by atoms with Gasteiger partial charge >= 0.3 is 5.97 Å². The molecule has 0 fully saturated rings. The van der Waals surface area contributed by atoms with E-state index in [1.807, 2.05) is 24.3 Å². The van der Waals surface area contributed by atoms with E-state index in [0.29, 0.717) is 5.75 Å². The maximum atomic E-state index is 12.2. The second-order valence-corrected chi connectivity index (χ2v) is 5.44. The van der Waals surface area contributed by atoms with Gasteiger partial charge in [0.15, 0.2) is 6.04 Å². The number of anilines is 1. The Morgan fingerprint density at radius 1 is 1.00 bits per heavy atom. The Labute approximate surface area is 116 Å². The number of rotatable bonds is 1. The number of nitrogens with zero attached hydrogens (tertiary/aromatic N) is 2. The van der Waals surface area contributed by atoms with E-state index in [-0.39, 0.29) is 12.0 Å². The molecule has 1 unspecified atom stereocenters. The summed E-state index contributed by atoms with van der Waals surface area (Å²) in [5.41, 5.74) is 4.92. The van der Waals surface area contributed by atoms with Crippen molar-refractivity contribution < 1.29 is 9.53 Å². The molecule has 5 rings (SSSR count). The zero-order valence-corrected chi connectivity index (χ0v) is 10.7. The average Bonchev–Trinajstić information content (AvgIpc) is 2.91. The predicted molar refractivity (Wildman–Crippen MR) is 73.0 cm³/mol. The number of para-hydroxylation sites is 2. The number of hydrogen-bond acceptors (Lipinski definition) is 4. The number of hydrazine groups is 1. The molecule has 0 spiro atoms. The van der Waals surface area contributed by atoms with Crippen molar-refractivity contribution in [3.63, 3.8) is 0 Å². The fourth-order valence-electron chi connectivity index (χ4n) is 3.46. The molecule has 98 valence electrons. The van der Waals surface area contributed by atoms with Crippen LogP contribution in [0.3, 0.4) is 0 Å². The highest BCUT2D eigenvalue weighted by Crippen LogP contribution is 2.49. The minimum absolute atomic E-state index is 0.174. The van der Waals surface area contributed by atoms with Crippen LogP contribution in [0.15, 0.2) is 42.5 Å². The fraction of sp³-hybridized carbons (Fsp3) is 0.188. The first-order valence-electron chi connectivity index (χ1n) is 6.78. The van der Waals surface area contributed by atoms with Gasteiger partial charge in [0, 0.05) is 12.1 Å². The molecule has 1 atom stereocenters. The number of hydrogen-bond donors (Lipinski definition) is 0. The third kappa shape index (κ3) is 1.13. The van der Waals surface area contributed by atoms with Crippen LogP contribution in [-0.2, 0) is 17.9 Å². The van der Waals surface area contributed by atoms with Gasteiger partial charge in [-0.15, -0.1) is 0 Å². The van der Waals surface area contributed by atoms with Crippen LogP contribution < -0.4 is 9.75 Å². The van der Waals surface area contributed by atoms with Gasteiger partial charge in [0.2, 0.25) is 0 Å². The highest BCUT2D eigenvalue weighted by molar-refractivity contribution is 5.86. The van der Waals surface area contributed by atoms with Gasteiger partial charge < -0.3 is 4.74 Å².